The fraction of sp³-hybridized carbons (Fsp3) is 0.115. The van der Waals surface area contributed by atoms with Gasteiger partial charge in [0, 0.05) is 29.0 Å². The van der Waals surface area contributed by atoms with Crippen LogP contribution >= 0.6 is 23.4 Å². The van der Waals surface area contributed by atoms with Crippen molar-refractivity contribution in [2.45, 2.75) is 17.5 Å². The first-order valence-electron chi connectivity index (χ1n) is 11.0. The van der Waals surface area contributed by atoms with Crippen LogP contribution in [-0.2, 0) is 12.3 Å². The molecule has 0 amide bonds. The third kappa shape index (κ3) is 5.39. The summed E-state index contributed by atoms with van der Waals surface area (Å²) in [6, 6.07) is 24.0. The first kappa shape index (κ1) is 23.1. The van der Waals surface area contributed by atoms with Crippen molar-refractivity contribution in [1.82, 2.24) is 24.7 Å². The predicted molar refractivity (Wildman–Crippen MR) is 138 cm³/mol. The van der Waals surface area contributed by atoms with E-state index in [9.17, 15) is 4.39 Å². The van der Waals surface area contributed by atoms with E-state index >= 15 is 0 Å². The van der Waals surface area contributed by atoms with Crippen molar-refractivity contribution in [2.75, 3.05) is 11.9 Å². The van der Waals surface area contributed by atoms with E-state index in [0.717, 1.165) is 33.6 Å². The predicted octanol–water partition coefficient (Wildman–Crippen LogP) is 6.38. The van der Waals surface area contributed by atoms with Crippen LogP contribution in [0, 0.1) is 5.82 Å². The number of hydrogen-bond acceptors (Lipinski definition) is 5. The van der Waals surface area contributed by atoms with Gasteiger partial charge in [0.05, 0.1) is 24.2 Å². The highest BCUT2D eigenvalue weighted by molar-refractivity contribution is 7.98. The highest BCUT2D eigenvalue weighted by atomic mass is 35.5. The van der Waals surface area contributed by atoms with Crippen LogP contribution in [0.2, 0.25) is 5.02 Å². The number of thioether (sulfide) groups is 1. The first-order chi connectivity index (χ1) is 17.1. The largest absolute Gasteiger partial charge is 0.369 e. The summed E-state index contributed by atoms with van der Waals surface area (Å²) in [5.74, 6) is 1.76. The van der Waals surface area contributed by atoms with E-state index in [2.05, 4.69) is 24.6 Å². The Balaban J connectivity index is 1.39. The molecule has 2 heterocycles. The molecule has 6 nitrogen and oxygen atoms in total. The Labute approximate surface area is 211 Å². The fourth-order valence-corrected chi connectivity index (χ4v) is 4.69. The highest BCUT2D eigenvalue weighted by Gasteiger charge is 2.16. The lowest BCUT2D eigenvalue weighted by atomic mass is 10.2. The van der Waals surface area contributed by atoms with E-state index < -0.39 is 0 Å². The molecular formula is C26H22ClFN6S. The molecule has 3 aromatic carbocycles. The molecule has 9 heteroatoms. The summed E-state index contributed by atoms with van der Waals surface area (Å²) in [6.07, 6.45) is 1.87. The average Bonchev–Trinajstić information content (AvgIpc) is 3.51. The number of aromatic nitrogens is 5. The van der Waals surface area contributed by atoms with Gasteiger partial charge in [0.25, 0.3) is 0 Å². The molecule has 176 valence electrons. The van der Waals surface area contributed by atoms with Gasteiger partial charge in [-0.3, -0.25) is 9.67 Å². The zero-order chi connectivity index (χ0) is 24.2. The third-order valence-corrected chi connectivity index (χ3v) is 6.67. The van der Waals surface area contributed by atoms with Crippen LogP contribution in [0.1, 0.15) is 11.5 Å². The van der Waals surface area contributed by atoms with Gasteiger partial charge in [0.2, 0.25) is 0 Å². The maximum atomic E-state index is 13.4. The minimum Gasteiger partial charge on any atom is -0.369 e. The second-order valence-electron chi connectivity index (χ2n) is 7.94. The number of halogens is 2. The normalized spacial score (nSPS) is 11.1. The SMILES string of the molecule is CN(Cc1cnc(SCc2nc(-c3ccccc3)n[nH]2)n1-c1ccc(Cl)cc1)c1ccc(F)cc1. The second-order valence-corrected chi connectivity index (χ2v) is 9.32. The van der Waals surface area contributed by atoms with Crippen molar-refractivity contribution in [1.29, 1.82) is 0 Å². The molecule has 1 N–H and O–H groups in total. The Morgan fingerprint density at radius 1 is 1.00 bits per heavy atom. The maximum Gasteiger partial charge on any atom is 0.181 e. The lowest BCUT2D eigenvalue weighted by Gasteiger charge is -2.21. The third-order valence-electron chi connectivity index (χ3n) is 5.46. The zero-order valence-corrected chi connectivity index (χ0v) is 20.5. The van der Waals surface area contributed by atoms with Gasteiger partial charge in [-0.2, -0.15) is 5.10 Å². The van der Waals surface area contributed by atoms with Crippen LogP contribution in [0.5, 0.6) is 0 Å². The van der Waals surface area contributed by atoms with Crippen LogP contribution in [-0.4, -0.2) is 31.8 Å². The summed E-state index contributed by atoms with van der Waals surface area (Å²) in [6.45, 7) is 0.586. The number of H-pyrrole nitrogens is 1. The molecule has 0 aliphatic rings. The van der Waals surface area contributed by atoms with Crippen molar-refractivity contribution in [3.63, 3.8) is 0 Å². The lowest BCUT2D eigenvalue weighted by Crippen LogP contribution is -2.18. The molecule has 0 saturated heterocycles. The standard InChI is InChI=1S/C26H22ClFN6S/c1-33(21-13-9-20(28)10-14-21)16-23-15-29-26(34(23)22-11-7-19(27)8-12-22)35-17-24-30-25(32-31-24)18-5-3-2-4-6-18/h2-15H,16-17H2,1H3,(H,30,31,32). The van der Waals surface area contributed by atoms with Crippen LogP contribution in [0.3, 0.4) is 0 Å². The molecule has 0 unspecified atom stereocenters. The van der Waals surface area contributed by atoms with Crippen molar-refractivity contribution in [2.24, 2.45) is 0 Å². The molecule has 0 bridgehead atoms. The van der Waals surface area contributed by atoms with E-state index in [1.54, 1.807) is 23.9 Å². The Morgan fingerprint density at radius 3 is 2.49 bits per heavy atom. The number of hydrogen-bond donors (Lipinski definition) is 1. The molecule has 0 radical (unpaired) electrons. The molecule has 0 atom stereocenters. The first-order valence-corrected chi connectivity index (χ1v) is 12.3. The Morgan fingerprint density at radius 2 is 1.74 bits per heavy atom. The van der Waals surface area contributed by atoms with E-state index in [4.69, 9.17) is 16.6 Å². The van der Waals surface area contributed by atoms with Gasteiger partial charge in [-0.1, -0.05) is 53.7 Å². The summed E-state index contributed by atoms with van der Waals surface area (Å²) in [5, 5.41) is 8.88. The number of imidazole rings is 1. The van der Waals surface area contributed by atoms with E-state index in [1.807, 2.05) is 67.8 Å². The van der Waals surface area contributed by atoms with Crippen molar-refractivity contribution in [3.8, 4) is 17.1 Å². The Hall–Kier alpha value is -3.62. The molecule has 0 aliphatic carbocycles. The second kappa shape index (κ2) is 10.3. The monoisotopic (exact) mass is 504 g/mol. The van der Waals surface area contributed by atoms with Gasteiger partial charge >= 0.3 is 0 Å². The topological polar surface area (TPSA) is 62.6 Å². The lowest BCUT2D eigenvalue weighted by molar-refractivity contribution is 0.627. The minimum absolute atomic E-state index is 0.255. The van der Waals surface area contributed by atoms with Gasteiger partial charge in [0.1, 0.15) is 11.6 Å². The van der Waals surface area contributed by atoms with Crippen molar-refractivity contribution in [3.05, 3.63) is 107 Å². The number of anilines is 1. The molecule has 0 saturated carbocycles. The zero-order valence-electron chi connectivity index (χ0n) is 18.9. The average molecular weight is 505 g/mol. The quantitative estimate of drug-likeness (QED) is 0.248. The molecule has 2 aromatic heterocycles. The summed E-state index contributed by atoms with van der Waals surface area (Å²) < 4.78 is 15.5. The van der Waals surface area contributed by atoms with Crippen molar-refractivity contribution >= 4 is 29.1 Å². The number of nitrogens with one attached hydrogen (secondary N) is 1. The molecule has 35 heavy (non-hydrogen) atoms. The summed E-state index contributed by atoms with van der Waals surface area (Å²) >= 11 is 7.71. The molecule has 0 fully saturated rings. The minimum atomic E-state index is -0.255. The van der Waals surface area contributed by atoms with Crippen LogP contribution in [0.4, 0.5) is 10.1 Å². The molecule has 5 rings (SSSR count). The van der Waals surface area contributed by atoms with Gasteiger partial charge in [-0.15, -0.1) is 0 Å². The Kier molecular flexibility index (Phi) is 6.83. The van der Waals surface area contributed by atoms with E-state index in [0.29, 0.717) is 23.1 Å². The Bertz CT molecular complexity index is 1400. The van der Waals surface area contributed by atoms with Gasteiger partial charge in [0.15, 0.2) is 11.0 Å². The summed E-state index contributed by atoms with van der Waals surface area (Å²) in [5.41, 5.74) is 3.83. The molecule has 5 aromatic rings. The summed E-state index contributed by atoms with van der Waals surface area (Å²) in [7, 11) is 1.97. The molecule has 0 spiro atoms. The number of aromatic amines is 1. The van der Waals surface area contributed by atoms with Crippen molar-refractivity contribution < 1.29 is 4.39 Å². The molecular weight excluding hydrogens is 483 g/mol. The van der Waals surface area contributed by atoms with Gasteiger partial charge in [-0.05, 0) is 48.5 Å². The van der Waals surface area contributed by atoms with Gasteiger partial charge < -0.3 is 4.90 Å². The van der Waals surface area contributed by atoms with Crippen LogP contribution in [0.15, 0.2) is 90.2 Å². The smallest absolute Gasteiger partial charge is 0.181 e. The van der Waals surface area contributed by atoms with Gasteiger partial charge in [-0.25, -0.2) is 14.4 Å². The number of rotatable bonds is 8. The summed E-state index contributed by atoms with van der Waals surface area (Å²) in [4.78, 5) is 11.4. The maximum absolute atomic E-state index is 13.4. The number of benzene rings is 3. The van der Waals surface area contributed by atoms with Crippen LogP contribution in [0.25, 0.3) is 17.1 Å². The van der Waals surface area contributed by atoms with E-state index in [-0.39, 0.29) is 5.82 Å². The highest BCUT2D eigenvalue weighted by Crippen LogP contribution is 2.28. The number of nitrogens with zero attached hydrogens (tertiary/aromatic N) is 5. The van der Waals surface area contributed by atoms with E-state index in [1.165, 1.54) is 12.1 Å². The van der Waals surface area contributed by atoms with Crippen LogP contribution < -0.4 is 4.90 Å². The molecule has 0 aliphatic heterocycles. The fourth-order valence-electron chi connectivity index (χ4n) is 3.69.